The number of rotatable bonds is 6. The molecule has 0 bridgehead atoms. The van der Waals surface area contributed by atoms with Gasteiger partial charge in [0, 0.05) is 18.5 Å². The van der Waals surface area contributed by atoms with Crippen LogP contribution in [0.25, 0.3) is 0 Å². The molecule has 0 radical (unpaired) electrons. The van der Waals surface area contributed by atoms with Crippen LogP contribution in [0.5, 0.6) is 0 Å². The molecule has 0 amide bonds. The lowest BCUT2D eigenvalue weighted by atomic mass is 10.1. The number of nitrogens with one attached hydrogen (secondary N) is 1. The molecule has 0 aliphatic carbocycles. The van der Waals surface area contributed by atoms with E-state index < -0.39 is 0 Å². The van der Waals surface area contributed by atoms with E-state index in [1.165, 1.54) is 4.88 Å². The van der Waals surface area contributed by atoms with E-state index >= 15 is 0 Å². The number of anilines is 2. The highest BCUT2D eigenvalue weighted by atomic mass is 32.1. The summed E-state index contributed by atoms with van der Waals surface area (Å²) in [5, 5.41) is 16.6. The lowest BCUT2D eigenvalue weighted by Gasteiger charge is -2.26. The van der Waals surface area contributed by atoms with Crippen LogP contribution in [-0.4, -0.2) is 18.5 Å². The van der Waals surface area contributed by atoms with Crippen molar-refractivity contribution in [1.82, 2.24) is 0 Å². The highest BCUT2D eigenvalue weighted by Crippen LogP contribution is 2.38. The topological polar surface area (TPSA) is 58.4 Å². The zero-order valence-electron chi connectivity index (χ0n) is 12.4. The van der Waals surface area contributed by atoms with Crippen LogP contribution in [0.2, 0.25) is 0 Å². The van der Waals surface area contributed by atoms with Crippen molar-refractivity contribution in [2.45, 2.75) is 19.9 Å². The van der Waals surface area contributed by atoms with E-state index in [0.29, 0.717) is 17.9 Å². The van der Waals surface area contributed by atoms with Crippen molar-refractivity contribution in [3.8, 4) is 0 Å². The first-order chi connectivity index (χ1) is 10.1. The van der Waals surface area contributed by atoms with Crippen LogP contribution in [0.3, 0.4) is 0 Å². The molecule has 21 heavy (non-hydrogen) atoms. The van der Waals surface area contributed by atoms with E-state index in [4.69, 9.17) is 0 Å². The number of thiophene rings is 1. The molecule has 2 aromatic rings. The molecule has 0 aliphatic rings. The third-order valence-corrected chi connectivity index (χ3v) is 4.52. The van der Waals surface area contributed by atoms with Crippen molar-refractivity contribution >= 4 is 28.4 Å². The van der Waals surface area contributed by atoms with Crippen LogP contribution in [0, 0.1) is 10.1 Å². The Kier molecular flexibility index (Phi) is 4.80. The van der Waals surface area contributed by atoms with Gasteiger partial charge in [-0.15, -0.1) is 11.3 Å². The van der Waals surface area contributed by atoms with Crippen molar-refractivity contribution in [1.29, 1.82) is 0 Å². The van der Waals surface area contributed by atoms with Gasteiger partial charge in [-0.2, -0.15) is 0 Å². The van der Waals surface area contributed by atoms with E-state index in [1.54, 1.807) is 23.5 Å². The number of nitro groups is 1. The molecule has 0 saturated carbocycles. The minimum atomic E-state index is -0.315. The van der Waals surface area contributed by atoms with E-state index in [0.717, 1.165) is 0 Å². The van der Waals surface area contributed by atoms with Crippen molar-refractivity contribution < 1.29 is 4.92 Å². The molecule has 112 valence electrons. The second-order valence-corrected chi connectivity index (χ2v) is 5.74. The predicted molar refractivity (Wildman–Crippen MR) is 88.4 cm³/mol. The van der Waals surface area contributed by atoms with Crippen molar-refractivity contribution in [3.63, 3.8) is 0 Å². The lowest BCUT2D eigenvalue weighted by molar-refractivity contribution is -0.383. The van der Waals surface area contributed by atoms with Gasteiger partial charge in [0.05, 0.1) is 11.0 Å². The van der Waals surface area contributed by atoms with Gasteiger partial charge >= 0.3 is 5.69 Å². The maximum atomic E-state index is 11.5. The summed E-state index contributed by atoms with van der Waals surface area (Å²) >= 11 is 1.66. The number of benzene rings is 1. The molecule has 6 heteroatoms. The quantitative estimate of drug-likeness (QED) is 0.639. The Hall–Kier alpha value is -2.08. The predicted octanol–water partition coefficient (Wildman–Crippen LogP) is 4.29. The van der Waals surface area contributed by atoms with Crippen LogP contribution in [0.4, 0.5) is 17.1 Å². The van der Waals surface area contributed by atoms with Crippen LogP contribution >= 0.6 is 11.3 Å². The molecule has 1 atom stereocenters. The maximum absolute atomic E-state index is 11.5. The summed E-state index contributed by atoms with van der Waals surface area (Å²) in [6, 6.07) is 9.51. The number of hydrogen-bond donors (Lipinski definition) is 1. The van der Waals surface area contributed by atoms with E-state index in [2.05, 4.69) is 12.2 Å². The fourth-order valence-corrected chi connectivity index (χ4v) is 3.10. The third-order valence-electron chi connectivity index (χ3n) is 3.48. The highest BCUT2D eigenvalue weighted by molar-refractivity contribution is 7.10. The summed E-state index contributed by atoms with van der Waals surface area (Å²) in [4.78, 5) is 14.3. The lowest BCUT2D eigenvalue weighted by Crippen LogP contribution is -2.22. The Morgan fingerprint density at radius 2 is 2.14 bits per heavy atom. The Bertz CT molecular complexity index is 613. The molecule has 5 nitrogen and oxygen atoms in total. The molecular formula is C15H19N3O2S. The summed E-state index contributed by atoms with van der Waals surface area (Å²) in [5.74, 6) is 0. The van der Waals surface area contributed by atoms with Crippen LogP contribution < -0.4 is 10.2 Å². The first-order valence-corrected chi connectivity index (χ1v) is 7.71. The highest BCUT2D eigenvalue weighted by Gasteiger charge is 2.25. The standard InChI is InChI=1S/C15H19N3O2S/c1-4-16-12-7-5-8-13(15(12)18(19)20)17(3)11(2)14-9-6-10-21-14/h5-11,16H,4H2,1-3H3. The van der Waals surface area contributed by atoms with Crippen molar-refractivity contribution in [3.05, 3.63) is 50.7 Å². The van der Waals surface area contributed by atoms with Crippen LogP contribution in [-0.2, 0) is 0 Å². The number of nitrogens with zero attached hydrogens (tertiary/aromatic N) is 2. The van der Waals surface area contributed by atoms with Gasteiger partial charge in [-0.3, -0.25) is 10.1 Å². The zero-order chi connectivity index (χ0) is 15.4. The number of hydrogen-bond acceptors (Lipinski definition) is 5. The van der Waals surface area contributed by atoms with Gasteiger partial charge in [-0.1, -0.05) is 12.1 Å². The molecular weight excluding hydrogens is 286 g/mol. The Morgan fingerprint density at radius 3 is 2.71 bits per heavy atom. The Morgan fingerprint density at radius 1 is 1.38 bits per heavy atom. The third kappa shape index (κ3) is 3.16. The van der Waals surface area contributed by atoms with Crippen LogP contribution in [0.15, 0.2) is 35.7 Å². The van der Waals surface area contributed by atoms with Gasteiger partial charge in [-0.25, -0.2) is 0 Å². The fraction of sp³-hybridized carbons (Fsp3) is 0.333. The maximum Gasteiger partial charge on any atom is 0.315 e. The molecule has 1 aromatic carbocycles. The molecule has 2 rings (SSSR count). The average molecular weight is 305 g/mol. The van der Waals surface area contributed by atoms with Crippen molar-refractivity contribution in [2.75, 3.05) is 23.8 Å². The van der Waals surface area contributed by atoms with Gasteiger partial charge in [0.15, 0.2) is 0 Å². The molecule has 0 aliphatic heterocycles. The summed E-state index contributed by atoms with van der Waals surface area (Å²) in [6.07, 6.45) is 0. The van der Waals surface area contributed by atoms with Gasteiger partial charge in [-0.05, 0) is 37.4 Å². The molecule has 0 fully saturated rings. The second kappa shape index (κ2) is 6.58. The smallest absolute Gasteiger partial charge is 0.315 e. The minimum absolute atomic E-state index is 0.0839. The average Bonchev–Trinajstić information content (AvgIpc) is 2.99. The Labute approximate surface area is 128 Å². The summed E-state index contributed by atoms with van der Waals surface area (Å²) < 4.78 is 0. The molecule has 1 aromatic heterocycles. The van der Waals surface area contributed by atoms with Gasteiger partial charge in [0.2, 0.25) is 0 Å². The summed E-state index contributed by atoms with van der Waals surface area (Å²) in [7, 11) is 1.89. The van der Waals surface area contributed by atoms with Gasteiger partial charge in [0.1, 0.15) is 11.4 Å². The largest absolute Gasteiger partial charge is 0.380 e. The second-order valence-electron chi connectivity index (χ2n) is 4.76. The van der Waals surface area contributed by atoms with Gasteiger partial charge < -0.3 is 10.2 Å². The van der Waals surface area contributed by atoms with E-state index in [-0.39, 0.29) is 16.7 Å². The monoisotopic (exact) mass is 305 g/mol. The minimum Gasteiger partial charge on any atom is -0.380 e. The molecule has 1 N–H and O–H groups in total. The first-order valence-electron chi connectivity index (χ1n) is 6.83. The molecule has 1 unspecified atom stereocenters. The zero-order valence-corrected chi connectivity index (χ0v) is 13.2. The number of para-hydroxylation sites is 1. The normalized spacial score (nSPS) is 12.0. The van der Waals surface area contributed by atoms with Crippen LogP contribution in [0.1, 0.15) is 24.8 Å². The molecule has 1 heterocycles. The first kappa shape index (κ1) is 15.3. The SMILES string of the molecule is CCNc1cccc(N(C)C(C)c2cccs2)c1[N+](=O)[O-]. The molecule has 0 spiro atoms. The fourth-order valence-electron chi connectivity index (χ4n) is 2.27. The summed E-state index contributed by atoms with van der Waals surface area (Å²) in [6.45, 7) is 4.62. The molecule has 0 saturated heterocycles. The summed E-state index contributed by atoms with van der Waals surface area (Å²) in [5.41, 5.74) is 1.31. The van der Waals surface area contributed by atoms with E-state index in [1.807, 2.05) is 42.5 Å². The van der Waals surface area contributed by atoms with Gasteiger partial charge in [0.25, 0.3) is 0 Å². The Balaban J connectivity index is 2.42. The van der Waals surface area contributed by atoms with E-state index in [9.17, 15) is 10.1 Å². The van der Waals surface area contributed by atoms with Crippen molar-refractivity contribution in [2.24, 2.45) is 0 Å². The number of nitro benzene ring substituents is 1.